The number of hydrogen-bond donors (Lipinski definition) is 2. The summed E-state index contributed by atoms with van der Waals surface area (Å²) in [6.45, 7) is 4.00. The van der Waals surface area contributed by atoms with Crippen molar-refractivity contribution in [2.75, 3.05) is 25.0 Å². The van der Waals surface area contributed by atoms with Gasteiger partial charge in [-0.3, -0.25) is 4.98 Å². The van der Waals surface area contributed by atoms with Crippen molar-refractivity contribution in [2.24, 2.45) is 0 Å². The smallest absolute Gasteiger partial charge is 0.319 e. The Labute approximate surface area is 194 Å². The molecule has 168 valence electrons. The van der Waals surface area contributed by atoms with Gasteiger partial charge in [-0.05, 0) is 79.9 Å². The maximum atomic E-state index is 12.2. The maximum absolute atomic E-state index is 12.2. The first-order valence-corrected chi connectivity index (χ1v) is 11.6. The van der Waals surface area contributed by atoms with Crippen LogP contribution in [0.25, 0.3) is 16.6 Å². The second-order valence-corrected chi connectivity index (χ2v) is 8.56. The number of hydrogen-bond acceptors (Lipinski definition) is 3. The molecule has 0 spiro atoms. The zero-order valence-corrected chi connectivity index (χ0v) is 18.7. The van der Waals surface area contributed by atoms with Crippen LogP contribution in [0.3, 0.4) is 0 Å². The summed E-state index contributed by atoms with van der Waals surface area (Å²) in [4.78, 5) is 18.9. The third kappa shape index (κ3) is 5.07. The van der Waals surface area contributed by atoms with Gasteiger partial charge in [-0.25, -0.2) is 4.79 Å². The molecule has 2 aromatic carbocycles. The summed E-state index contributed by atoms with van der Waals surface area (Å²) in [7, 11) is 0. The molecule has 1 aliphatic rings. The van der Waals surface area contributed by atoms with Gasteiger partial charge in [0.15, 0.2) is 0 Å². The van der Waals surface area contributed by atoms with Crippen LogP contribution in [0, 0.1) is 0 Å². The van der Waals surface area contributed by atoms with Crippen molar-refractivity contribution in [1.29, 1.82) is 0 Å². The number of para-hydroxylation sites is 1. The molecule has 1 fully saturated rings. The van der Waals surface area contributed by atoms with Gasteiger partial charge in [-0.1, -0.05) is 24.3 Å². The van der Waals surface area contributed by atoms with Gasteiger partial charge in [0.05, 0.1) is 5.52 Å². The fourth-order valence-corrected chi connectivity index (χ4v) is 4.51. The number of nitrogens with one attached hydrogen (secondary N) is 2. The van der Waals surface area contributed by atoms with Crippen molar-refractivity contribution >= 4 is 22.6 Å². The number of carbonyl (C=O) groups excluding carboxylic acids is 1. The van der Waals surface area contributed by atoms with Gasteiger partial charge >= 0.3 is 6.03 Å². The number of benzene rings is 2. The number of rotatable bonds is 7. The van der Waals surface area contributed by atoms with Gasteiger partial charge in [0.25, 0.3) is 0 Å². The number of pyridine rings is 1. The zero-order chi connectivity index (χ0) is 22.5. The van der Waals surface area contributed by atoms with E-state index >= 15 is 0 Å². The normalized spacial score (nSPS) is 13.9. The van der Waals surface area contributed by atoms with Crippen molar-refractivity contribution in [3.63, 3.8) is 0 Å². The molecule has 0 radical (unpaired) electrons. The molecule has 2 aromatic heterocycles. The maximum Gasteiger partial charge on any atom is 0.319 e. The number of anilines is 1. The van der Waals surface area contributed by atoms with Gasteiger partial charge in [0.2, 0.25) is 0 Å². The van der Waals surface area contributed by atoms with Crippen LogP contribution in [0.15, 0.2) is 79.3 Å². The Balaban J connectivity index is 1.27. The number of carbonyl (C=O) groups is 1. The molecule has 1 saturated heterocycles. The number of nitrogens with zero attached hydrogens (tertiary/aromatic N) is 3. The minimum atomic E-state index is -0.234. The third-order valence-corrected chi connectivity index (χ3v) is 6.27. The zero-order valence-electron chi connectivity index (χ0n) is 18.7. The molecule has 4 aromatic rings. The van der Waals surface area contributed by atoms with Gasteiger partial charge in [0.1, 0.15) is 0 Å². The lowest BCUT2D eigenvalue weighted by atomic mass is 10.1. The molecule has 0 bridgehead atoms. The Hall–Kier alpha value is -3.64. The molecule has 2 amide bonds. The van der Waals surface area contributed by atoms with E-state index in [1.807, 2.05) is 36.4 Å². The molecule has 0 aliphatic carbocycles. The van der Waals surface area contributed by atoms with E-state index in [1.165, 1.54) is 42.4 Å². The monoisotopic (exact) mass is 439 g/mol. The molecule has 3 heterocycles. The van der Waals surface area contributed by atoms with E-state index in [1.54, 1.807) is 12.4 Å². The van der Waals surface area contributed by atoms with E-state index < -0.39 is 0 Å². The molecule has 5 rings (SSSR count). The van der Waals surface area contributed by atoms with Gasteiger partial charge < -0.3 is 20.1 Å². The van der Waals surface area contributed by atoms with Gasteiger partial charge in [0, 0.05) is 48.4 Å². The predicted octanol–water partition coefficient (Wildman–Crippen LogP) is 4.99. The molecular formula is C27H29N5O. The summed E-state index contributed by atoms with van der Waals surface area (Å²) < 4.78 is 2.25. The van der Waals surface area contributed by atoms with E-state index in [9.17, 15) is 4.79 Å². The number of aromatic nitrogens is 2. The number of likely N-dealkylation sites (tertiary alicyclic amines) is 1. The highest BCUT2D eigenvalue weighted by Gasteiger charge is 2.14. The summed E-state index contributed by atoms with van der Waals surface area (Å²) in [6, 6.07) is 20.1. The Morgan fingerprint density at radius 2 is 1.79 bits per heavy atom. The Morgan fingerprint density at radius 1 is 0.970 bits per heavy atom. The Morgan fingerprint density at radius 3 is 2.58 bits per heavy atom. The van der Waals surface area contributed by atoms with Crippen LogP contribution in [0.1, 0.15) is 24.0 Å². The molecule has 1 aliphatic heterocycles. The van der Waals surface area contributed by atoms with Crippen LogP contribution >= 0.6 is 0 Å². The van der Waals surface area contributed by atoms with Gasteiger partial charge in [-0.15, -0.1) is 0 Å². The average molecular weight is 440 g/mol. The highest BCUT2D eigenvalue weighted by atomic mass is 16.2. The second kappa shape index (κ2) is 9.88. The van der Waals surface area contributed by atoms with Crippen molar-refractivity contribution < 1.29 is 4.79 Å². The standard InChI is InChI=1S/C27H29N5O/c33-27(29-19-21-6-5-14-28-18-21)30-23-9-11-24(12-10-23)32-20-22(13-17-31-15-3-4-16-31)25-7-1-2-8-26(25)32/h1-2,5-12,14,18,20H,3-4,13,15-17,19H2,(H2,29,30,33). The third-order valence-electron chi connectivity index (χ3n) is 6.27. The van der Waals surface area contributed by atoms with Gasteiger partial charge in [-0.2, -0.15) is 0 Å². The molecular weight excluding hydrogens is 410 g/mol. The SMILES string of the molecule is O=C(NCc1cccnc1)Nc1ccc(-n2cc(CCN3CCCC3)c3ccccc32)cc1. The average Bonchev–Trinajstić information content (AvgIpc) is 3.51. The quantitative estimate of drug-likeness (QED) is 0.427. The lowest BCUT2D eigenvalue weighted by Crippen LogP contribution is -2.28. The summed E-state index contributed by atoms with van der Waals surface area (Å²) in [6.07, 6.45) is 9.44. The molecule has 0 saturated carbocycles. The van der Waals surface area contributed by atoms with E-state index in [0.717, 1.165) is 29.9 Å². The minimum Gasteiger partial charge on any atom is -0.334 e. The first-order valence-electron chi connectivity index (χ1n) is 11.6. The van der Waals surface area contributed by atoms with Crippen LogP contribution < -0.4 is 10.6 Å². The number of urea groups is 1. The summed E-state index contributed by atoms with van der Waals surface area (Å²) in [5.74, 6) is 0. The number of amides is 2. The number of fused-ring (bicyclic) bond motifs is 1. The Kier molecular flexibility index (Phi) is 6.35. The van der Waals surface area contributed by atoms with Crippen LogP contribution in [0.5, 0.6) is 0 Å². The topological polar surface area (TPSA) is 62.2 Å². The Bertz CT molecular complexity index is 1210. The van der Waals surface area contributed by atoms with Crippen LogP contribution in [0.2, 0.25) is 0 Å². The summed E-state index contributed by atoms with van der Waals surface area (Å²) in [5.41, 5.74) is 5.40. The van der Waals surface area contributed by atoms with Crippen LogP contribution in [-0.4, -0.2) is 40.1 Å². The lowest BCUT2D eigenvalue weighted by Gasteiger charge is -2.13. The van der Waals surface area contributed by atoms with Crippen molar-refractivity contribution in [3.8, 4) is 5.69 Å². The largest absolute Gasteiger partial charge is 0.334 e. The van der Waals surface area contributed by atoms with Crippen molar-refractivity contribution in [2.45, 2.75) is 25.8 Å². The molecule has 2 N–H and O–H groups in total. The second-order valence-electron chi connectivity index (χ2n) is 8.56. The van der Waals surface area contributed by atoms with Crippen LogP contribution in [-0.2, 0) is 13.0 Å². The summed E-state index contributed by atoms with van der Waals surface area (Å²) >= 11 is 0. The molecule has 33 heavy (non-hydrogen) atoms. The fraction of sp³-hybridized carbons (Fsp3) is 0.259. The molecule has 6 heteroatoms. The first kappa shape index (κ1) is 21.2. The van der Waals surface area contributed by atoms with E-state index in [-0.39, 0.29) is 6.03 Å². The highest BCUT2D eigenvalue weighted by Crippen LogP contribution is 2.26. The summed E-state index contributed by atoms with van der Waals surface area (Å²) in [5, 5.41) is 7.07. The fourth-order valence-electron chi connectivity index (χ4n) is 4.51. The molecule has 0 atom stereocenters. The van der Waals surface area contributed by atoms with E-state index in [0.29, 0.717) is 6.54 Å². The highest BCUT2D eigenvalue weighted by molar-refractivity contribution is 5.89. The van der Waals surface area contributed by atoms with Crippen molar-refractivity contribution in [1.82, 2.24) is 19.8 Å². The van der Waals surface area contributed by atoms with Crippen molar-refractivity contribution in [3.05, 3.63) is 90.4 Å². The van der Waals surface area contributed by atoms with Crippen LogP contribution in [0.4, 0.5) is 10.5 Å². The molecule has 0 unspecified atom stereocenters. The van der Waals surface area contributed by atoms with E-state index in [2.05, 4.69) is 55.5 Å². The predicted molar refractivity (Wildman–Crippen MR) is 133 cm³/mol. The minimum absolute atomic E-state index is 0.234. The van der Waals surface area contributed by atoms with E-state index in [4.69, 9.17) is 0 Å². The molecule has 6 nitrogen and oxygen atoms in total. The first-order chi connectivity index (χ1) is 16.3. The lowest BCUT2D eigenvalue weighted by molar-refractivity contribution is 0.251.